The monoisotopic (exact) mass is 250 g/mol. The summed E-state index contributed by atoms with van der Waals surface area (Å²) in [5.74, 6) is -0.972. The first-order valence-electron chi connectivity index (χ1n) is 5.22. The number of aromatic nitrogens is 2. The molecule has 0 aliphatic carbocycles. The first-order valence-corrected chi connectivity index (χ1v) is 5.22. The van der Waals surface area contributed by atoms with Gasteiger partial charge in [0.1, 0.15) is 5.82 Å². The summed E-state index contributed by atoms with van der Waals surface area (Å²) < 4.78 is 17.4. The number of nitrogens with zero attached hydrogens (tertiary/aromatic N) is 2. The van der Waals surface area contributed by atoms with Gasteiger partial charge in [0.2, 0.25) is 11.5 Å². The van der Waals surface area contributed by atoms with Crippen LogP contribution in [-0.4, -0.2) is 16.2 Å². The van der Waals surface area contributed by atoms with Crippen LogP contribution in [0.3, 0.4) is 0 Å². The molecule has 1 heterocycles. The van der Waals surface area contributed by atoms with Crippen molar-refractivity contribution >= 4 is 11.7 Å². The highest BCUT2D eigenvalue weighted by Crippen LogP contribution is 2.14. The van der Waals surface area contributed by atoms with E-state index in [9.17, 15) is 9.18 Å². The van der Waals surface area contributed by atoms with Crippen LogP contribution in [0.25, 0.3) is 0 Å². The molecule has 0 aliphatic rings. The van der Waals surface area contributed by atoms with Crippen molar-refractivity contribution < 1.29 is 13.8 Å². The van der Waals surface area contributed by atoms with Crippen molar-refractivity contribution in [2.24, 2.45) is 0 Å². The fraction of sp³-hybridized carbons (Fsp3) is 0.182. The van der Waals surface area contributed by atoms with E-state index in [0.29, 0.717) is 5.56 Å². The zero-order valence-corrected chi connectivity index (χ0v) is 9.55. The van der Waals surface area contributed by atoms with Gasteiger partial charge >= 0.3 is 0 Å². The molecule has 6 nitrogen and oxygen atoms in total. The minimum absolute atomic E-state index is 0.0843. The Morgan fingerprint density at radius 1 is 1.50 bits per heavy atom. The molecule has 7 heteroatoms. The van der Waals surface area contributed by atoms with Crippen LogP contribution in [0.2, 0.25) is 0 Å². The van der Waals surface area contributed by atoms with E-state index < -0.39 is 5.91 Å². The lowest BCUT2D eigenvalue weighted by molar-refractivity contribution is 0.0930. The summed E-state index contributed by atoms with van der Waals surface area (Å²) in [4.78, 5) is 11.7. The third kappa shape index (κ3) is 2.45. The molecule has 2 aromatic rings. The molecule has 0 radical (unpaired) electrons. The van der Waals surface area contributed by atoms with Crippen LogP contribution >= 0.6 is 0 Å². The summed E-state index contributed by atoms with van der Waals surface area (Å²) in [6.45, 7) is 1.72. The van der Waals surface area contributed by atoms with Gasteiger partial charge in [-0.05, 0) is 34.9 Å². The number of carbonyl (C=O) groups excluding carboxylic acids is 1. The fourth-order valence-electron chi connectivity index (χ4n) is 1.48. The molecule has 94 valence electrons. The van der Waals surface area contributed by atoms with Crippen molar-refractivity contribution in [1.29, 1.82) is 0 Å². The van der Waals surface area contributed by atoms with E-state index in [2.05, 4.69) is 20.3 Å². The highest BCUT2D eigenvalue weighted by molar-refractivity contribution is 5.96. The van der Waals surface area contributed by atoms with Gasteiger partial charge in [0, 0.05) is 0 Å². The fourth-order valence-corrected chi connectivity index (χ4v) is 1.48. The summed E-state index contributed by atoms with van der Waals surface area (Å²) in [6, 6.07) is 5.56. The Labute approximate surface area is 102 Å². The standard InChI is InChI=1S/C11H11FN4O2/c1-6(7-3-2-4-8(12)5-7)14-11(17)9-10(13)16-18-15-9/h2-6H,1H3,(H2,13,16)(H,14,17). The maximum absolute atomic E-state index is 13.0. The Hall–Kier alpha value is -2.44. The average Bonchev–Trinajstić information content (AvgIpc) is 2.75. The van der Waals surface area contributed by atoms with Gasteiger partial charge in [-0.25, -0.2) is 9.02 Å². The highest BCUT2D eigenvalue weighted by Gasteiger charge is 2.18. The molecule has 3 N–H and O–H groups in total. The first-order chi connectivity index (χ1) is 8.58. The second kappa shape index (κ2) is 4.82. The van der Waals surface area contributed by atoms with Crippen LogP contribution in [0.4, 0.5) is 10.2 Å². The maximum atomic E-state index is 13.0. The molecule has 1 aromatic carbocycles. The lowest BCUT2D eigenvalue weighted by Gasteiger charge is -2.13. The van der Waals surface area contributed by atoms with E-state index in [1.54, 1.807) is 19.1 Å². The Bertz CT molecular complexity index is 570. The Balaban J connectivity index is 2.10. The van der Waals surface area contributed by atoms with Gasteiger partial charge in [-0.3, -0.25) is 4.79 Å². The second-order valence-corrected chi connectivity index (χ2v) is 3.75. The van der Waals surface area contributed by atoms with E-state index in [-0.39, 0.29) is 23.4 Å². The molecule has 1 aromatic heterocycles. The van der Waals surface area contributed by atoms with Crippen LogP contribution in [0.5, 0.6) is 0 Å². The summed E-state index contributed by atoms with van der Waals surface area (Å²) >= 11 is 0. The van der Waals surface area contributed by atoms with Gasteiger partial charge in [0.15, 0.2) is 0 Å². The van der Waals surface area contributed by atoms with Crippen molar-refractivity contribution in [2.75, 3.05) is 5.73 Å². The molecular weight excluding hydrogens is 239 g/mol. The summed E-state index contributed by atoms with van der Waals surface area (Å²) in [5.41, 5.74) is 5.94. The quantitative estimate of drug-likeness (QED) is 0.855. The lowest BCUT2D eigenvalue weighted by Crippen LogP contribution is -2.27. The van der Waals surface area contributed by atoms with Crippen LogP contribution in [0.1, 0.15) is 29.0 Å². The zero-order chi connectivity index (χ0) is 13.1. The summed E-state index contributed by atoms with van der Waals surface area (Å²) in [5, 5.41) is 9.30. The molecule has 1 amide bonds. The molecule has 0 bridgehead atoms. The normalized spacial score (nSPS) is 12.1. The van der Waals surface area contributed by atoms with Crippen molar-refractivity contribution in [2.45, 2.75) is 13.0 Å². The predicted molar refractivity (Wildman–Crippen MR) is 61.0 cm³/mol. The molecule has 0 spiro atoms. The largest absolute Gasteiger partial charge is 0.379 e. The number of anilines is 1. The zero-order valence-electron chi connectivity index (χ0n) is 9.55. The molecular formula is C11H11FN4O2. The topological polar surface area (TPSA) is 94.0 Å². The Kier molecular flexibility index (Phi) is 3.22. The Morgan fingerprint density at radius 3 is 2.89 bits per heavy atom. The number of carbonyl (C=O) groups is 1. The van der Waals surface area contributed by atoms with E-state index in [0.717, 1.165) is 0 Å². The SMILES string of the molecule is CC(NC(=O)c1nonc1N)c1cccc(F)c1. The van der Waals surface area contributed by atoms with Crippen molar-refractivity contribution in [3.63, 3.8) is 0 Å². The molecule has 0 saturated heterocycles. The third-order valence-electron chi connectivity index (χ3n) is 2.43. The minimum atomic E-state index is -0.523. The van der Waals surface area contributed by atoms with Gasteiger partial charge in [-0.1, -0.05) is 12.1 Å². The molecule has 0 aliphatic heterocycles. The number of amides is 1. The van der Waals surface area contributed by atoms with Gasteiger partial charge in [0.25, 0.3) is 5.91 Å². The molecule has 1 atom stereocenters. The summed E-state index contributed by atoms with van der Waals surface area (Å²) in [7, 11) is 0. The minimum Gasteiger partial charge on any atom is -0.379 e. The third-order valence-corrected chi connectivity index (χ3v) is 2.43. The van der Waals surface area contributed by atoms with E-state index in [1.165, 1.54) is 12.1 Å². The molecule has 18 heavy (non-hydrogen) atoms. The van der Waals surface area contributed by atoms with E-state index >= 15 is 0 Å². The van der Waals surface area contributed by atoms with Crippen molar-refractivity contribution in [1.82, 2.24) is 15.6 Å². The second-order valence-electron chi connectivity index (χ2n) is 3.75. The number of halogens is 1. The van der Waals surface area contributed by atoms with Gasteiger partial charge in [-0.2, -0.15) is 0 Å². The summed E-state index contributed by atoms with van der Waals surface area (Å²) in [6.07, 6.45) is 0. The average molecular weight is 250 g/mol. The first kappa shape index (κ1) is 12.0. The molecule has 2 rings (SSSR count). The van der Waals surface area contributed by atoms with Crippen LogP contribution in [0.15, 0.2) is 28.9 Å². The van der Waals surface area contributed by atoms with E-state index in [4.69, 9.17) is 5.73 Å². The molecule has 1 unspecified atom stereocenters. The number of nitrogens with two attached hydrogens (primary N) is 1. The highest BCUT2D eigenvalue weighted by atomic mass is 19.1. The van der Waals surface area contributed by atoms with Crippen LogP contribution in [0, 0.1) is 5.82 Å². The number of nitrogen functional groups attached to an aromatic ring is 1. The van der Waals surface area contributed by atoms with Gasteiger partial charge < -0.3 is 11.1 Å². The number of hydrogen-bond donors (Lipinski definition) is 2. The van der Waals surface area contributed by atoms with Crippen LogP contribution < -0.4 is 11.1 Å². The lowest BCUT2D eigenvalue weighted by atomic mass is 10.1. The number of nitrogens with one attached hydrogen (secondary N) is 1. The van der Waals surface area contributed by atoms with E-state index in [1.807, 2.05) is 0 Å². The Morgan fingerprint density at radius 2 is 2.28 bits per heavy atom. The number of hydrogen-bond acceptors (Lipinski definition) is 5. The van der Waals surface area contributed by atoms with Crippen LogP contribution in [-0.2, 0) is 0 Å². The predicted octanol–water partition coefficient (Wildman–Crippen LogP) is 1.28. The smallest absolute Gasteiger partial charge is 0.277 e. The van der Waals surface area contributed by atoms with Gasteiger partial charge in [0.05, 0.1) is 6.04 Å². The number of benzene rings is 1. The molecule has 0 fully saturated rings. The van der Waals surface area contributed by atoms with Gasteiger partial charge in [-0.15, -0.1) is 0 Å². The maximum Gasteiger partial charge on any atom is 0.277 e. The molecule has 0 saturated carbocycles. The van der Waals surface area contributed by atoms with Crippen molar-refractivity contribution in [3.8, 4) is 0 Å². The number of rotatable bonds is 3. The van der Waals surface area contributed by atoms with Crippen molar-refractivity contribution in [3.05, 3.63) is 41.3 Å².